The Hall–Kier alpha value is -1.35. The molecule has 1 saturated heterocycles. The Morgan fingerprint density at radius 3 is 2.53 bits per heavy atom. The minimum Gasteiger partial charge on any atom is -0.368 e. The normalized spacial score (nSPS) is 21.1. The van der Waals surface area contributed by atoms with Crippen LogP contribution in [-0.4, -0.2) is 18.6 Å². The predicted molar refractivity (Wildman–Crippen MR) is 75.8 cm³/mol. The lowest BCUT2D eigenvalue weighted by atomic mass is 9.82. The quantitative estimate of drug-likeness (QED) is 0.908. The lowest BCUT2D eigenvalue weighted by molar-refractivity contribution is -0.131. The van der Waals surface area contributed by atoms with Gasteiger partial charge in [-0.05, 0) is 23.8 Å². The molecule has 0 aromatic heterocycles. The van der Waals surface area contributed by atoms with Gasteiger partial charge in [0.05, 0.1) is 6.04 Å². The van der Waals surface area contributed by atoms with Crippen molar-refractivity contribution in [3.05, 3.63) is 35.9 Å². The lowest BCUT2D eigenvalue weighted by Crippen LogP contribution is -2.41. The molecule has 2 rings (SSSR count). The minimum atomic E-state index is -0.270. The van der Waals surface area contributed by atoms with Gasteiger partial charge < -0.3 is 10.1 Å². The predicted octanol–water partition coefficient (Wildman–Crippen LogP) is 3.07. The van der Waals surface area contributed by atoms with Gasteiger partial charge in [0.25, 0.3) is 0 Å². The average molecular weight is 261 g/mol. The molecule has 1 aromatic rings. The molecule has 0 aliphatic carbocycles. The fourth-order valence-corrected chi connectivity index (χ4v) is 2.46. The Kier molecular flexibility index (Phi) is 4.25. The second kappa shape index (κ2) is 5.74. The van der Waals surface area contributed by atoms with Crippen LogP contribution in [-0.2, 0) is 9.53 Å². The molecule has 1 heterocycles. The van der Waals surface area contributed by atoms with Gasteiger partial charge in [-0.15, -0.1) is 0 Å². The number of carbonyl (C=O) groups is 1. The van der Waals surface area contributed by atoms with Gasteiger partial charge in [-0.25, -0.2) is 0 Å². The fourth-order valence-electron chi connectivity index (χ4n) is 2.46. The molecule has 3 heteroatoms. The molecule has 0 spiro atoms. The van der Waals surface area contributed by atoms with E-state index in [1.54, 1.807) is 0 Å². The van der Waals surface area contributed by atoms with Crippen LogP contribution in [0.1, 0.15) is 45.2 Å². The molecule has 0 radical (unpaired) electrons. The third kappa shape index (κ3) is 3.57. The Morgan fingerprint density at radius 2 is 2.00 bits per heavy atom. The smallest absolute Gasteiger partial charge is 0.249 e. The van der Waals surface area contributed by atoms with E-state index in [-0.39, 0.29) is 23.5 Å². The molecule has 1 aliphatic rings. The Balaban J connectivity index is 2.13. The van der Waals surface area contributed by atoms with Crippen molar-refractivity contribution in [1.29, 1.82) is 0 Å². The van der Waals surface area contributed by atoms with E-state index in [1.807, 2.05) is 18.2 Å². The van der Waals surface area contributed by atoms with E-state index in [0.29, 0.717) is 6.61 Å². The number of ether oxygens (including phenoxy) is 1. The molecule has 1 aromatic carbocycles. The summed E-state index contributed by atoms with van der Waals surface area (Å²) in [5.41, 5.74) is 1.11. The molecule has 1 amide bonds. The molecule has 0 saturated carbocycles. The first kappa shape index (κ1) is 14.1. The summed E-state index contributed by atoms with van der Waals surface area (Å²) < 4.78 is 5.45. The molecule has 1 N–H and O–H groups in total. The minimum absolute atomic E-state index is 0.00500. The molecule has 2 atom stereocenters. The Morgan fingerprint density at radius 1 is 1.32 bits per heavy atom. The molecule has 104 valence electrons. The van der Waals surface area contributed by atoms with Crippen LogP contribution in [0.2, 0.25) is 0 Å². The zero-order valence-corrected chi connectivity index (χ0v) is 12.0. The maximum absolute atomic E-state index is 12.2. The number of carbonyl (C=O) groups excluding carboxylic acids is 1. The van der Waals surface area contributed by atoms with Crippen molar-refractivity contribution in [2.45, 2.75) is 45.8 Å². The molecule has 3 nitrogen and oxygen atoms in total. The van der Waals surface area contributed by atoms with Gasteiger partial charge in [-0.3, -0.25) is 4.79 Å². The van der Waals surface area contributed by atoms with Gasteiger partial charge in [0, 0.05) is 6.61 Å². The third-order valence-electron chi connectivity index (χ3n) is 3.51. The van der Waals surface area contributed by atoms with Gasteiger partial charge >= 0.3 is 0 Å². The fraction of sp³-hybridized carbons (Fsp3) is 0.562. The summed E-state index contributed by atoms with van der Waals surface area (Å²) in [4.78, 5) is 12.2. The lowest BCUT2D eigenvalue weighted by Gasteiger charge is -2.32. The van der Waals surface area contributed by atoms with Crippen LogP contribution in [0.15, 0.2) is 30.3 Å². The summed E-state index contributed by atoms with van der Waals surface area (Å²) in [6, 6.07) is 10.1. The van der Waals surface area contributed by atoms with Crippen LogP contribution >= 0.6 is 0 Å². The summed E-state index contributed by atoms with van der Waals surface area (Å²) in [5.74, 6) is 0.0151. The summed E-state index contributed by atoms with van der Waals surface area (Å²) in [7, 11) is 0. The standard InChI is InChI=1S/C16H23NO2/c1-16(2,3)14(12-8-5-4-6-9-12)17-15(18)13-10-7-11-19-13/h4-6,8-9,13-14H,7,10-11H2,1-3H3,(H,17,18)/t13-,14?/m1/s1. The second-order valence-electron chi connectivity index (χ2n) is 6.22. The largest absolute Gasteiger partial charge is 0.368 e. The topological polar surface area (TPSA) is 38.3 Å². The van der Waals surface area contributed by atoms with E-state index in [1.165, 1.54) is 0 Å². The molecule has 19 heavy (non-hydrogen) atoms. The zero-order chi connectivity index (χ0) is 13.9. The van der Waals surface area contributed by atoms with Gasteiger partial charge in [0.1, 0.15) is 6.10 Å². The monoisotopic (exact) mass is 261 g/mol. The highest BCUT2D eigenvalue weighted by atomic mass is 16.5. The van der Waals surface area contributed by atoms with Crippen LogP contribution in [0, 0.1) is 5.41 Å². The highest BCUT2D eigenvalue weighted by Crippen LogP contribution is 2.33. The van der Waals surface area contributed by atoms with E-state index in [4.69, 9.17) is 4.74 Å². The Bertz CT molecular complexity index is 416. The number of hydrogen-bond donors (Lipinski definition) is 1. The van der Waals surface area contributed by atoms with E-state index >= 15 is 0 Å². The van der Waals surface area contributed by atoms with Crippen molar-refractivity contribution in [2.24, 2.45) is 5.41 Å². The number of benzene rings is 1. The molecular formula is C16H23NO2. The Labute approximate surface area is 115 Å². The zero-order valence-electron chi connectivity index (χ0n) is 12.0. The second-order valence-corrected chi connectivity index (χ2v) is 6.22. The molecule has 0 bridgehead atoms. The van der Waals surface area contributed by atoms with Crippen LogP contribution in [0.25, 0.3) is 0 Å². The average Bonchev–Trinajstić information content (AvgIpc) is 2.89. The van der Waals surface area contributed by atoms with E-state index in [2.05, 4.69) is 38.2 Å². The van der Waals surface area contributed by atoms with E-state index in [0.717, 1.165) is 18.4 Å². The number of nitrogens with one attached hydrogen (secondary N) is 1. The van der Waals surface area contributed by atoms with Crippen LogP contribution in [0.4, 0.5) is 0 Å². The van der Waals surface area contributed by atoms with Gasteiger partial charge in [0.2, 0.25) is 5.91 Å². The first-order valence-electron chi connectivity index (χ1n) is 6.95. The summed E-state index contributed by atoms with van der Waals surface area (Å²) in [6.07, 6.45) is 1.54. The molecule has 1 fully saturated rings. The van der Waals surface area contributed by atoms with Gasteiger partial charge in [-0.2, -0.15) is 0 Å². The summed E-state index contributed by atoms with van der Waals surface area (Å²) in [5, 5.41) is 3.15. The summed E-state index contributed by atoms with van der Waals surface area (Å²) >= 11 is 0. The van der Waals surface area contributed by atoms with Crippen LogP contribution in [0.3, 0.4) is 0 Å². The number of rotatable bonds is 3. The maximum Gasteiger partial charge on any atom is 0.249 e. The van der Waals surface area contributed by atoms with Crippen LogP contribution in [0.5, 0.6) is 0 Å². The first-order valence-corrected chi connectivity index (χ1v) is 6.95. The number of hydrogen-bond acceptors (Lipinski definition) is 2. The molecule has 1 aliphatic heterocycles. The van der Waals surface area contributed by atoms with Crippen molar-refractivity contribution in [1.82, 2.24) is 5.32 Å². The molecule has 1 unspecified atom stereocenters. The third-order valence-corrected chi connectivity index (χ3v) is 3.51. The van der Waals surface area contributed by atoms with E-state index in [9.17, 15) is 4.79 Å². The van der Waals surface area contributed by atoms with Crippen molar-refractivity contribution < 1.29 is 9.53 Å². The highest BCUT2D eigenvalue weighted by Gasteiger charge is 2.31. The van der Waals surface area contributed by atoms with Crippen molar-refractivity contribution in [3.63, 3.8) is 0 Å². The maximum atomic E-state index is 12.2. The molecular weight excluding hydrogens is 238 g/mol. The van der Waals surface area contributed by atoms with Crippen LogP contribution < -0.4 is 5.32 Å². The first-order chi connectivity index (χ1) is 8.98. The summed E-state index contributed by atoms with van der Waals surface area (Å²) in [6.45, 7) is 7.12. The van der Waals surface area contributed by atoms with Gasteiger partial charge in [-0.1, -0.05) is 51.1 Å². The van der Waals surface area contributed by atoms with Gasteiger partial charge in [0.15, 0.2) is 0 Å². The number of amides is 1. The van der Waals surface area contributed by atoms with Crippen molar-refractivity contribution in [3.8, 4) is 0 Å². The SMILES string of the molecule is CC(C)(C)C(NC(=O)[C@H]1CCCO1)c1ccccc1. The highest BCUT2D eigenvalue weighted by molar-refractivity contribution is 5.81. The van der Waals surface area contributed by atoms with Crippen molar-refractivity contribution in [2.75, 3.05) is 6.61 Å². The van der Waals surface area contributed by atoms with E-state index < -0.39 is 0 Å². The van der Waals surface area contributed by atoms with Crippen molar-refractivity contribution >= 4 is 5.91 Å².